The molecule has 0 bridgehead atoms. The standard InChI is InChI=1S/C13H17BrN2O/c1-8-6-16(7-9(8)2)13(17)10-4-3-5-11(15)12(10)14/h3-5,8-9H,6-7,15H2,1-2H3. The van der Waals surface area contributed by atoms with Crippen LogP contribution in [0.2, 0.25) is 0 Å². The van der Waals surface area contributed by atoms with E-state index in [0.717, 1.165) is 13.1 Å². The summed E-state index contributed by atoms with van der Waals surface area (Å²) in [6.45, 7) is 6.04. The summed E-state index contributed by atoms with van der Waals surface area (Å²) in [4.78, 5) is 14.3. The Balaban J connectivity index is 2.24. The quantitative estimate of drug-likeness (QED) is 0.810. The van der Waals surface area contributed by atoms with E-state index in [1.54, 1.807) is 6.07 Å². The number of hydrogen-bond donors (Lipinski definition) is 1. The average Bonchev–Trinajstić information content (AvgIpc) is 2.62. The van der Waals surface area contributed by atoms with E-state index in [4.69, 9.17) is 5.73 Å². The molecular formula is C13H17BrN2O. The van der Waals surface area contributed by atoms with Crippen LogP contribution in [0.15, 0.2) is 22.7 Å². The van der Waals surface area contributed by atoms with Crippen molar-refractivity contribution in [3.8, 4) is 0 Å². The molecule has 0 saturated carbocycles. The number of nitrogen functional groups attached to an aromatic ring is 1. The summed E-state index contributed by atoms with van der Waals surface area (Å²) < 4.78 is 0.706. The van der Waals surface area contributed by atoms with E-state index < -0.39 is 0 Å². The topological polar surface area (TPSA) is 46.3 Å². The van der Waals surface area contributed by atoms with Gasteiger partial charge in [0, 0.05) is 18.8 Å². The molecule has 2 unspecified atom stereocenters. The van der Waals surface area contributed by atoms with Crippen LogP contribution in [-0.2, 0) is 0 Å². The molecule has 1 amide bonds. The zero-order valence-electron chi connectivity index (χ0n) is 10.1. The molecule has 1 aliphatic rings. The van der Waals surface area contributed by atoms with Gasteiger partial charge in [0.2, 0.25) is 0 Å². The molecule has 17 heavy (non-hydrogen) atoms. The lowest BCUT2D eigenvalue weighted by Gasteiger charge is -2.17. The Morgan fingerprint density at radius 2 is 1.94 bits per heavy atom. The van der Waals surface area contributed by atoms with E-state index in [2.05, 4.69) is 29.8 Å². The van der Waals surface area contributed by atoms with Crippen LogP contribution in [0.4, 0.5) is 5.69 Å². The number of carbonyl (C=O) groups excluding carboxylic acids is 1. The van der Waals surface area contributed by atoms with Gasteiger partial charge in [0.1, 0.15) is 0 Å². The number of halogens is 1. The van der Waals surface area contributed by atoms with Gasteiger partial charge in [0.05, 0.1) is 10.0 Å². The van der Waals surface area contributed by atoms with E-state index >= 15 is 0 Å². The van der Waals surface area contributed by atoms with Gasteiger partial charge < -0.3 is 10.6 Å². The van der Waals surface area contributed by atoms with Crippen molar-refractivity contribution in [3.05, 3.63) is 28.2 Å². The smallest absolute Gasteiger partial charge is 0.255 e. The third-order valence-electron chi connectivity index (χ3n) is 3.53. The van der Waals surface area contributed by atoms with Gasteiger partial charge in [0.15, 0.2) is 0 Å². The van der Waals surface area contributed by atoms with Crippen molar-refractivity contribution in [3.63, 3.8) is 0 Å². The minimum absolute atomic E-state index is 0.0698. The van der Waals surface area contributed by atoms with Gasteiger partial charge in [-0.25, -0.2) is 0 Å². The minimum atomic E-state index is 0.0698. The van der Waals surface area contributed by atoms with Crippen LogP contribution in [0.5, 0.6) is 0 Å². The molecule has 2 N–H and O–H groups in total. The summed E-state index contributed by atoms with van der Waals surface area (Å²) >= 11 is 3.39. The second-order valence-electron chi connectivity index (χ2n) is 4.87. The van der Waals surface area contributed by atoms with Crippen molar-refractivity contribution < 1.29 is 4.79 Å². The number of rotatable bonds is 1. The third kappa shape index (κ3) is 2.32. The molecule has 1 fully saturated rings. The molecule has 4 heteroatoms. The summed E-state index contributed by atoms with van der Waals surface area (Å²) in [5.41, 5.74) is 7.06. The predicted octanol–water partition coefficient (Wildman–Crippen LogP) is 2.76. The summed E-state index contributed by atoms with van der Waals surface area (Å²) in [6, 6.07) is 5.42. The molecule has 92 valence electrons. The summed E-state index contributed by atoms with van der Waals surface area (Å²) in [7, 11) is 0. The molecule has 2 atom stereocenters. The van der Waals surface area contributed by atoms with E-state index in [1.807, 2.05) is 17.0 Å². The van der Waals surface area contributed by atoms with Crippen LogP contribution >= 0.6 is 15.9 Å². The molecule has 3 nitrogen and oxygen atoms in total. The number of benzene rings is 1. The molecule has 1 aliphatic heterocycles. The van der Waals surface area contributed by atoms with E-state index in [0.29, 0.717) is 27.6 Å². The highest BCUT2D eigenvalue weighted by Crippen LogP contribution is 2.28. The first-order valence-electron chi connectivity index (χ1n) is 5.84. The van der Waals surface area contributed by atoms with Crippen LogP contribution in [0.3, 0.4) is 0 Å². The zero-order valence-corrected chi connectivity index (χ0v) is 11.7. The lowest BCUT2D eigenvalue weighted by Crippen LogP contribution is -2.29. The number of hydrogen-bond acceptors (Lipinski definition) is 2. The maximum Gasteiger partial charge on any atom is 0.255 e. The second-order valence-corrected chi connectivity index (χ2v) is 5.67. The number of anilines is 1. The molecule has 1 aromatic rings. The molecule has 0 aromatic heterocycles. The Morgan fingerprint density at radius 3 is 2.53 bits per heavy atom. The van der Waals surface area contributed by atoms with Crippen molar-refractivity contribution in [1.29, 1.82) is 0 Å². The first kappa shape index (κ1) is 12.4. The SMILES string of the molecule is CC1CN(C(=O)c2cccc(N)c2Br)CC1C. The number of amides is 1. The second kappa shape index (κ2) is 4.69. The van der Waals surface area contributed by atoms with Crippen LogP contribution < -0.4 is 5.73 Å². The Kier molecular flexibility index (Phi) is 3.43. The Labute approximate surface area is 110 Å². The van der Waals surface area contributed by atoms with Crippen molar-refractivity contribution in [2.75, 3.05) is 18.8 Å². The van der Waals surface area contributed by atoms with Crippen LogP contribution in [-0.4, -0.2) is 23.9 Å². The van der Waals surface area contributed by atoms with Gasteiger partial charge in [0.25, 0.3) is 5.91 Å². The van der Waals surface area contributed by atoms with Crippen LogP contribution in [0, 0.1) is 11.8 Å². The van der Waals surface area contributed by atoms with E-state index in [1.165, 1.54) is 0 Å². The van der Waals surface area contributed by atoms with Crippen molar-refractivity contribution in [2.24, 2.45) is 11.8 Å². The minimum Gasteiger partial charge on any atom is -0.398 e. The first-order valence-corrected chi connectivity index (χ1v) is 6.63. The number of carbonyl (C=O) groups is 1. The van der Waals surface area contributed by atoms with Crippen molar-refractivity contribution in [2.45, 2.75) is 13.8 Å². The van der Waals surface area contributed by atoms with Crippen LogP contribution in [0.1, 0.15) is 24.2 Å². The highest BCUT2D eigenvalue weighted by molar-refractivity contribution is 9.10. The van der Waals surface area contributed by atoms with E-state index in [-0.39, 0.29) is 5.91 Å². The van der Waals surface area contributed by atoms with E-state index in [9.17, 15) is 4.79 Å². The molecule has 0 aliphatic carbocycles. The van der Waals surface area contributed by atoms with Crippen LogP contribution in [0.25, 0.3) is 0 Å². The largest absolute Gasteiger partial charge is 0.398 e. The van der Waals surface area contributed by atoms with Crippen molar-refractivity contribution >= 4 is 27.5 Å². The molecule has 0 spiro atoms. The Hall–Kier alpha value is -1.03. The fraction of sp³-hybridized carbons (Fsp3) is 0.462. The first-order chi connectivity index (χ1) is 8.00. The van der Waals surface area contributed by atoms with Gasteiger partial charge in [-0.15, -0.1) is 0 Å². The number of nitrogens with two attached hydrogens (primary N) is 1. The van der Waals surface area contributed by atoms with Gasteiger partial charge in [-0.3, -0.25) is 4.79 Å². The fourth-order valence-electron chi connectivity index (χ4n) is 2.18. The lowest BCUT2D eigenvalue weighted by molar-refractivity contribution is 0.0784. The third-order valence-corrected chi connectivity index (χ3v) is 4.42. The number of likely N-dealkylation sites (tertiary alicyclic amines) is 1. The van der Waals surface area contributed by atoms with Gasteiger partial charge in [-0.2, -0.15) is 0 Å². The molecule has 2 rings (SSSR count). The summed E-state index contributed by atoms with van der Waals surface area (Å²) in [5, 5.41) is 0. The predicted molar refractivity (Wildman–Crippen MR) is 72.8 cm³/mol. The van der Waals surface area contributed by atoms with Crippen molar-refractivity contribution in [1.82, 2.24) is 4.90 Å². The molecule has 0 radical (unpaired) electrons. The fourth-order valence-corrected chi connectivity index (χ4v) is 2.61. The average molecular weight is 297 g/mol. The summed E-state index contributed by atoms with van der Waals surface area (Å²) in [5.74, 6) is 1.21. The molecule has 1 aromatic carbocycles. The van der Waals surface area contributed by atoms with Gasteiger partial charge in [-0.05, 0) is 39.9 Å². The van der Waals surface area contributed by atoms with Gasteiger partial charge in [-0.1, -0.05) is 19.9 Å². The lowest BCUT2D eigenvalue weighted by atomic mass is 10.0. The van der Waals surface area contributed by atoms with Gasteiger partial charge >= 0.3 is 0 Å². The maximum absolute atomic E-state index is 12.4. The molecule has 1 heterocycles. The maximum atomic E-state index is 12.4. The molecule has 1 saturated heterocycles. The highest BCUT2D eigenvalue weighted by Gasteiger charge is 2.30. The molecular weight excluding hydrogens is 280 g/mol. The normalized spacial score (nSPS) is 24.1. The Bertz CT molecular complexity index is 437. The number of nitrogens with zero attached hydrogens (tertiary/aromatic N) is 1. The summed E-state index contributed by atoms with van der Waals surface area (Å²) in [6.07, 6.45) is 0. The highest BCUT2D eigenvalue weighted by atomic mass is 79.9. The zero-order chi connectivity index (χ0) is 12.6. The monoisotopic (exact) mass is 296 g/mol. The Morgan fingerprint density at radius 1 is 1.35 bits per heavy atom.